The predicted octanol–water partition coefficient (Wildman–Crippen LogP) is 3.90. The van der Waals surface area contributed by atoms with Crippen molar-refractivity contribution in [2.24, 2.45) is 5.41 Å². The Morgan fingerprint density at radius 3 is 2.91 bits per heavy atom. The van der Waals surface area contributed by atoms with E-state index in [-0.39, 0.29) is 28.8 Å². The predicted molar refractivity (Wildman–Crippen MR) is 85.9 cm³/mol. The third kappa shape index (κ3) is 3.39. The van der Waals surface area contributed by atoms with Gasteiger partial charge in [-0.3, -0.25) is 4.79 Å². The smallest absolute Gasteiger partial charge is 0.287 e. The minimum absolute atomic E-state index is 0.118. The van der Waals surface area contributed by atoms with Crippen molar-refractivity contribution in [3.8, 4) is 0 Å². The van der Waals surface area contributed by atoms with Crippen molar-refractivity contribution >= 4 is 16.9 Å². The molecule has 1 amide bonds. The summed E-state index contributed by atoms with van der Waals surface area (Å²) in [6, 6.07) is 6.20. The van der Waals surface area contributed by atoms with E-state index in [4.69, 9.17) is 9.15 Å². The summed E-state index contributed by atoms with van der Waals surface area (Å²) in [5, 5.41) is 3.47. The van der Waals surface area contributed by atoms with Gasteiger partial charge in [-0.2, -0.15) is 0 Å². The third-order valence-electron chi connectivity index (χ3n) is 4.48. The van der Waals surface area contributed by atoms with Gasteiger partial charge < -0.3 is 14.5 Å². The first-order chi connectivity index (χ1) is 11.0. The monoisotopic (exact) mass is 319 g/mol. The minimum atomic E-state index is -0.461. The number of hydrogen-bond donors (Lipinski definition) is 1. The molecule has 1 aliphatic heterocycles. The maximum Gasteiger partial charge on any atom is 0.287 e. The lowest BCUT2D eigenvalue weighted by molar-refractivity contribution is -0.0531. The molecule has 0 bridgehead atoms. The first-order valence-electron chi connectivity index (χ1n) is 8.05. The van der Waals surface area contributed by atoms with Crippen LogP contribution in [-0.2, 0) is 4.74 Å². The van der Waals surface area contributed by atoms with Crippen LogP contribution in [0.4, 0.5) is 4.39 Å². The third-order valence-corrected chi connectivity index (χ3v) is 4.48. The van der Waals surface area contributed by atoms with E-state index in [1.165, 1.54) is 6.07 Å². The fourth-order valence-corrected chi connectivity index (χ4v) is 3.01. The van der Waals surface area contributed by atoms with Gasteiger partial charge in [-0.1, -0.05) is 26.0 Å². The van der Waals surface area contributed by atoms with Gasteiger partial charge in [0, 0.05) is 24.0 Å². The van der Waals surface area contributed by atoms with Crippen molar-refractivity contribution in [3.05, 3.63) is 35.8 Å². The summed E-state index contributed by atoms with van der Waals surface area (Å²) < 4.78 is 24.8. The van der Waals surface area contributed by atoms with Gasteiger partial charge in [-0.25, -0.2) is 4.39 Å². The Kier molecular flexibility index (Phi) is 4.39. The zero-order valence-electron chi connectivity index (χ0n) is 13.5. The van der Waals surface area contributed by atoms with Crippen molar-refractivity contribution in [2.75, 3.05) is 13.2 Å². The van der Waals surface area contributed by atoms with Crippen LogP contribution < -0.4 is 5.32 Å². The minimum Gasteiger partial charge on any atom is -0.448 e. The number of halogens is 1. The van der Waals surface area contributed by atoms with Crippen LogP contribution in [0.5, 0.6) is 0 Å². The average molecular weight is 319 g/mol. The van der Waals surface area contributed by atoms with Crippen molar-refractivity contribution < 1.29 is 18.3 Å². The Hall–Kier alpha value is -1.88. The second-order valence-electron chi connectivity index (χ2n) is 6.80. The number of carbonyl (C=O) groups excluding carboxylic acids is 1. The zero-order valence-corrected chi connectivity index (χ0v) is 13.5. The van der Waals surface area contributed by atoms with Gasteiger partial charge in [0.25, 0.3) is 5.91 Å². The van der Waals surface area contributed by atoms with E-state index < -0.39 is 5.82 Å². The normalized spacial score (nSPS) is 19.0. The first kappa shape index (κ1) is 16.0. The molecule has 1 aromatic heterocycles. The van der Waals surface area contributed by atoms with E-state index in [0.29, 0.717) is 11.9 Å². The maximum atomic E-state index is 13.6. The van der Waals surface area contributed by atoms with Gasteiger partial charge in [0.1, 0.15) is 0 Å². The molecule has 1 saturated heterocycles. The van der Waals surface area contributed by atoms with Crippen LogP contribution in [0.15, 0.2) is 28.7 Å². The second-order valence-corrected chi connectivity index (χ2v) is 6.80. The molecule has 1 aliphatic rings. The van der Waals surface area contributed by atoms with E-state index in [1.807, 2.05) is 0 Å². The number of furan rings is 1. The summed E-state index contributed by atoms with van der Waals surface area (Å²) in [6.07, 6.45) is 3.41. The lowest BCUT2D eigenvalue weighted by Gasteiger charge is -2.36. The molecule has 1 unspecified atom stereocenters. The fourth-order valence-electron chi connectivity index (χ4n) is 3.01. The number of ether oxygens (including phenoxy) is 1. The molecule has 2 aromatic rings. The molecule has 1 N–H and O–H groups in total. The molecule has 3 rings (SSSR count). The second kappa shape index (κ2) is 6.32. The largest absolute Gasteiger partial charge is 0.448 e. The SMILES string of the molecule is CC(C)(CNC(=O)c1cc2cccc(F)c2o1)C1CCCCO1. The summed E-state index contributed by atoms with van der Waals surface area (Å²) in [5.41, 5.74) is -0.0413. The first-order valence-corrected chi connectivity index (χ1v) is 8.05. The van der Waals surface area contributed by atoms with Gasteiger partial charge in [0.15, 0.2) is 17.2 Å². The molecule has 0 aliphatic carbocycles. The number of nitrogens with one attached hydrogen (secondary N) is 1. The molecule has 124 valence electrons. The molecule has 1 aromatic carbocycles. The van der Waals surface area contributed by atoms with E-state index in [2.05, 4.69) is 19.2 Å². The summed E-state index contributed by atoms with van der Waals surface area (Å²) >= 11 is 0. The molecule has 0 spiro atoms. The van der Waals surface area contributed by atoms with Gasteiger partial charge >= 0.3 is 0 Å². The highest BCUT2D eigenvalue weighted by Crippen LogP contribution is 2.30. The van der Waals surface area contributed by atoms with Gasteiger partial charge in [-0.05, 0) is 31.4 Å². The van der Waals surface area contributed by atoms with E-state index in [0.717, 1.165) is 25.9 Å². The number of rotatable bonds is 4. The summed E-state index contributed by atoms with van der Waals surface area (Å²) in [4.78, 5) is 12.3. The zero-order chi connectivity index (χ0) is 16.4. The standard InChI is InChI=1S/C18H22FNO3/c1-18(2,15-8-3-4-9-22-15)11-20-17(21)14-10-12-6-5-7-13(19)16(12)23-14/h5-7,10,15H,3-4,8-9,11H2,1-2H3,(H,20,21). The summed E-state index contributed by atoms with van der Waals surface area (Å²) in [5.74, 6) is -0.660. The van der Waals surface area contributed by atoms with Gasteiger partial charge in [-0.15, -0.1) is 0 Å². The van der Waals surface area contributed by atoms with E-state index >= 15 is 0 Å². The molecular weight excluding hydrogens is 297 g/mol. The molecule has 1 atom stereocenters. The highest BCUT2D eigenvalue weighted by atomic mass is 19.1. The number of fused-ring (bicyclic) bond motifs is 1. The maximum absolute atomic E-state index is 13.6. The Labute approximate surface area is 135 Å². The highest BCUT2D eigenvalue weighted by molar-refractivity contribution is 5.96. The molecule has 23 heavy (non-hydrogen) atoms. The molecule has 5 heteroatoms. The topological polar surface area (TPSA) is 51.5 Å². The molecular formula is C18H22FNO3. The lowest BCUT2D eigenvalue weighted by atomic mass is 9.82. The number of benzene rings is 1. The Balaban J connectivity index is 1.67. The highest BCUT2D eigenvalue weighted by Gasteiger charge is 2.32. The van der Waals surface area contributed by atoms with Crippen LogP contribution in [0, 0.1) is 11.2 Å². The van der Waals surface area contributed by atoms with Crippen LogP contribution in [0.25, 0.3) is 11.0 Å². The number of hydrogen-bond acceptors (Lipinski definition) is 3. The molecule has 2 heterocycles. The fraction of sp³-hybridized carbons (Fsp3) is 0.500. The summed E-state index contributed by atoms with van der Waals surface area (Å²) in [6.45, 7) is 5.43. The van der Waals surface area contributed by atoms with Crippen LogP contribution in [0.3, 0.4) is 0 Å². The van der Waals surface area contributed by atoms with Gasteiger partial charge in [0.2, 0.25) is 0 Å². The van der Waals surface area contributed by atoms with E-state index in [9.17, 15) is 9.18 Å². The number of para-hydroxylation sites is 1. The van der Waals surface area contributed by atoms with Crippen molar-refractivity contribution in [1.82, 2.24) is 5.32 Å². The Morgan fingerprint density at radius 2 is 2.22 bits per heavy atom. The Morgan fingerprint density at radius 1 is 1.39 bits per heavy atom. The average Bonchev–Trinajstić information content (AvgIpc) is 2.99. The van der Waals surface area contributed by atoms with Crippen LogP contribution in [0.1, 0.15) is 43.7 Å². The van der Waals surface area contributed by atoms with Crippen molar-refractivity contribution in [1.29, 1.82) is 0 Å². The molecule has 1 fully saturated rings. The summed E-state index contributed by atoms with van der Waals surface area (Å²) in [7, 11) is 0. The number of carbonyl (C=O) groups is 1. The Bertz CT molecular complexity index is 701. The van der Waals surface area contributed by atoms with Crippen LogP contribution in [-0.4, -0.2) is 25.2 Å². The van der Waals surface area contributed by atoms with Crippen LogP contribution >= 0.6 is 0 Å². The van der Waals surface area contributed by atoms with Crippen molar-refractivity contribution in [2.45, 2.75) is 39.2 Å². The quantitative estimate of drug-likeness (QED) is 0.930. The molecule has 0 saturated carbocycles. The number of amides is 1. The molecule has 0 radical (unpaired) electrons. The lowest BCUT2D eigenvalue weighted by Crippen LogP contribution is -2.43. The molecule has 4 nitrogen and oxygen atoms in total. The van der Waals surface area contributed by atoms with Gasteiger partial charge in [0.05, 0.1) is 6.10 Å². The van der Waals surface area contributed by atoms with E-state index in [1.54, 1.807) is 18.2 Å². The van der Waals surface area contributed by atoms with Crippen molar-refractivity contribution in [3.63, 3.8) is 0 Å². The van der Waals surface area contributed by atoms with Crippen LogP contribution in [0.2, 0.25) is 0 Å².